The topological polar surface area (TPSA) is 38.0 Å². The summed E-state index contributed by atoms with van der Waals surface area (Å²) in [6.45, 7) is 3.88. The van der Waals surface area contributed by atoms with E-state index in [-0.39, 0.29) is 16.5 Å². The van der Waals surface area contributed by atoms with Crippen molar-refractivity contribution < 1.29 is 9.50 Å². The predicted octanol–water partition coefficient (Wildman–Crippen LogP) is 4.07. The molecule has 0 saturated carbocycles. The molecule has 0 fully saturated rings. The Hall–Kier alpha value is -1.10. The fraction of sp³-hybridized carbons (Fsp3) is 0.357. The maximum atomic E-state index is 13.9. The fourth-order valence-corrected chi connectivity index (χ4v) is 2.49. The van der Waals surface area contributed by atoms with Gasteiger partial charge in [0, 0.05) is 23.2 Å². The lowest BCUT2D eigenvalue weighted by Crippen LogP contribution is -2.06. The maximum absolute atomic E-state index is 13.9. The molecule has 0 aliphatic rings. The van der Waals surface area contributed by atoms with Crippen LogP contribution in [0, 0.1) is 5.82 Å². The van der Waals surface area contributed by atoms with Gasteiger partial charge in [-0.3, -0.25) is 4.68 Å². The van der Waals surface area contributed by atoms with E-state index in [9.17, 15) is 9.50 Å². The number of benzene rings is 1. The summed E-state index contributed by atoms with van der Waals surface area (Å²) in [5, 5.41) is 15.3. The zero-order chi connectivity index (χ0) is 15.0. The molecule has 6 heteroatoms. The van der Waals surface area contributed by atoms with Crippen LogP contribution >= 0.6 is 23.2 Å². The van der Waals surface area contributed by atoms with Crippen LogP contribution in [0.2, 0.25) is 10.2 Å². The van der Waals surface area contributed by atoms with Gasteiger partial charge >= 0.3 is 0 Å². The van der Waals surface area contributed by atoms with E-state index >= 15 is 0 Å². The smallest absolute Gasteiger partial charge is 0.133 e. The molecule has 0 aliphatic carbocycles. The Morgan fingerprint density at radius 1 is 1.30 bits per heavy atom. The van der Waals surface area contributed by atoms with Crippen LogP contribution in [0.1, 0.15) is 42.7 Å². The Balaban J connectivity index is 2.55. The summed E-state index contributed by atoms with van der Waals surface area (Å²) >= 11 is 11.9. The number of aromatic nitrogens is 2. The molecule has 0 saturated heterocycles. The first-order chi connectivity index (χ1) is 9.32. The molecule has 20 heavy (non-hydrogen) atoms. The summed E-state index contributed by atoms with van der Waals surface area (Å²) in [7, 11) is 1.68. The van der Waals surface area contributed by atoms with Crippen molar-refractivity contribution in [1.82, 2.24) is 9.78 Å². The molecule has 0 amide bonds. The third-order valence-corrected chi connectivity index (χ3v) is 3.80. The minimum absolute atomic E-state index is 0.0636. The maximum Gasteiger partial charge on any atom is 0.133 e. The van der Waals surface area contributed by atoms with Crippen LogP contribution in [0.4, 0.5) is 4.39 Å². The summed E-state index contributed by atoms with van der Waals surface area (Å²) in [6, 6.07) is 4.15. The van der Waals surface area contributed by atoms with Crippen LogP contribution in [-0.4, -0.2) is 14.9 Å². The fourth-order valence-electron chi connectivity index (χ4n) is 2.10. The molecule has 1 heterocycles. The molecular formula is C14H15Cl2FN2O. The highest BCUT2D eigenvalue weighted by molar-refractivity contribution is 6.31. The Bertz CT molecular complexity index is 640. The Kier molecular flexibility index (Phi) is 4.37. The monoisotopic (exact) mass is 316 g/mol. The summed E-state index contributed by atoms with van der Waals surface area (Å²) < 4.78 is 15.4. The van der Waals surface area contributed by atoms with Crippen LogP contribution in [-0.2, 0) is 7.05 Å². The molecule has 1 aromatic heterocycles. The van der Waals surface area contributed by atoms with Gasteiger partial charge in [0.15, 0.2) is 0 Å². The zero-order valence-corrected chi connectivity index (χ0v) is 12.9. The molecule has 0 spiro atoms. The third kappa shape index (κ3) is 2.68. The summed E-state index contributed by atoms with van der Waals surface area (Å²) in [5.41, 5.74) is 1.22. The molecular weight excluding hydrogens is 302 g/mol. The minimum Gasteiger partial charge on any atom is -0.383 e. The Labute approximate surface area is 126 Å². The number of aliphatic hydroxyl groups is 1. The molecule has 2 rings (SSSR count). The van der Waals surface area contributed by atoms with Crippen molar-refractivity contribution in [3.63, 3.8) is 0 Å². The lowest BCUT2D eigenvalue weighted by atomic mass is 9.97. The number of aliphatic hydroxyl groups excluding tert-OH is 1. The lowest BCUT2D eigenvalue weighted by Gasteiger charge is -2.14. The standard InChI is InChI=1S/C14H15Cl2FN2O/c1-7(2)12-11(14(16)19(3)18-12)13(20)9-5-4-8(15)6-10(9)17/h4-7,13,20H,1-3H3. The lowest BCUT2D eigenvalue weighted by molar-refractivity contribution is 0.213. The van der Waals surface area contributed by atoms with Gasteiger partial charge in [-0.25, -0.2) is 4.39 Å². The molecule has 0 bridgehead atoms. The highest BCUT2D eigenvalue weighted by Crippen LogP contribution is 2.35. The van der Waals surface area contributed by atoms with Gasteiger partial charge in [-0.2, -0.15) is 5.10 Å². The van der Waals surface area contributed by atoms with Gasteiger partial charge in [0.05, 0.1) is 5.69 Å². The quantitative estimate of drug-likeness (QED) is 0.926. The van der Waals surface area contributed by atoms with Crippen molar-refractivity contribution in [3.05, 3.63) is 51.0 Å². The number of hydrogen-bond donors (Lipinski definition) is 1. The van der Waals surface area contributed by atoms with Crippen LogP contribution in [0.25, 0.3) is 0 Å². The normalized spacial score (nSPS) is 13.0. The first-order valence-electron chi connectivity index (χ1n) is 6.18. The number of hydrogen-bond acceptors (Lipinski definition) is 2. The van der Waals surface area contributed by atoms with Crippen molar-refractivity contribution >= 4 is 23.2 Å². The van der Waals surface area contributed by atoms with Crippen molar-refractivity contribution in [2.75, 3.05) is 0 Å². The van der Waals surface area contributed by atoms with Gasteiger partial charge in [0.1, 0.15) is 17.1 Å². The van der Waals surface area contributed by atoms with E-state index in [0.29, 0.717) is 16.4 Å². The van der Waals surface area contributed by atoms with Gasteiger partial charge in [-0.15, -0.1) is 0 Å². The predicted molar refractivity (Wildman–Crippen MR) is 77.8 cm³/mol. The minimum atomic E-state index is -1.18. The number of halogens is 3. The van der Waals surface area contributed by atoms with Gasteiger partial charge < -0.3 is 5.11 Å². The summed E-state index contributed by atoms with van der Waals surface area (Å²) in [5.74, 6) is -0.506. The molecule has 0 radical (unpaired) electrons. The Morgan fingerprint density at radius 2 is 1.95 bits per heavy atom. The van der Waals surface area contributed by atoms with Crippen molar-refractivity contribution in [3.8, 4) is 0 Å². The Morgan fingerprint density at radius 3 is 2.50 bits per heavy atom. The largest absolute Gasteiger partial charge is 0.383 e. The average Bonchev–Trinajstić information content (AvgIpc) is 2.65. The van der Waals surface area contributed by atoms with Gasteiger partial charge in [-0.05, 0) is 18.1 Å². The third-order valence-electron chi connectivity index (χ3n) is 3.12. The van der Waals surface area contributed by atoms with E-state index in [0.717, 1.165) is 0 Å². The second-order valence-corrected chi connectivity index (χ2v) is 5.73. The second-order valence-electron chi connectivity index (χ2n) is 4.94. The number of nitrogens with zero attached hydrogens (tertiary/aromatic N) is 2. The van der Waals surface area contributed by atoms with Gasteiger partial charge in [-0.1, -0.05) is 43.1 Å². The average molecular weight is 317 g/mol. The van der Waals surface area contributed by atoms with Crippen LogP contribution in [0.5, 0.6) is 0 Å². The van der Waals surface area contributed by atoms with E-state index in [1.165, 1.54) is 22.9 Å². The van der Waals surface area contributed by atoms with E-state index in [2.05, 4.69) is 5.10 Å². The molecule has 3 nitrogen and oxygen atoms in total. The van der Waals surface area contributed by atoms with E-state index in [4.69, 9.17) is 23.2 Å². The van der Waals surface area contributed by atoms with E-state index < -0.39 is 11.9 Å². The van der Waals surface area contributed by atoms with E-state index in [1.807, 2.05) is 13.8 Å². The number of aryl methyl sites for hydroxylation is 1. The number of rotatable bonds is 3. The molecule has 2 aromatic rings. The van der Waals surface area contributed by atoms with Gasteiger partial charge in [0.25, 0.3) is 0 Å². The van der Waals surface area contributed by atoms with Crippen molar-refractivity contribution in [2.45, 2.75) is 25.9 Å². The second kappa shape index (κ2) is 5.72. The van der Waals surface area contributed by atoms with E-state index in [1.54, 1.807) is 7.05 Å². The SMILES string of the molecule is CC(C)c1nn(C)c(Cl)c1C(O)c1ccc(Cl)cc1F. The molecule has 1 aromatic carbocycles. The van der Waals surface area contributed by atoms with Crippen molar-refractivity contribution in [2.24, 2.45) is 7.05 Å². The highest BCUT2D eigenvalue weighted by atomic mass is 35.5. The highest BCUT2D eigenvalue weighted by Gasteiger charge is 2.26. The molecule has 1 atom stereocenters. The van der Waals surface area contributed by atoms with Crippen LogP contribution < -0.4 is 0 Å². The summed E-state index contributed by atoms with van der Waals surface area (Å²) in [4.78, 5) is 0. The first-order valence-corrected chi connectivity index (χ1v) is 6.93. The summed E-state index contributed by atoms with van der Waals surface area (Å²) in [6.07, 6.45) is -1.18. The molecule has 108 valence electrons. The zero-order valence-electron chi connectivity index (χ0n) is 11.4. The van der Waals surface area contributed by atoms with Crippen LogP contribution in [0.15, 0.2) is 18.2 Å². The van der Waals surface area contributed by atoms with Gasteiger partial charge in [0.2, 0.25) is 0 Å². The van der Waals surface area contributed by atoms with Crippen molar-refractivity contribution in [1.29, 1.82) is 0 Å². The first kappa shape index (κ1) is 15.3. The van der Waals surface area contributed by atoms with Crippen LogP contribution in [0.3, 0.4) is 0 Å². The molecule has 0 aliphatic heterocycles. The molecule has 1 N–H and O–H groups in total. The molecule has 1 unspecified atom stereocenters.